The minimum atomic E-state index is -3.14. The highest BCUT2D eigenvalue weighted by atomic mass is 32.2. The van der Waals surface area contributed by atoms with E-state index in [1.54, 1.807) is 24.3 Å². The summed E-state index contributed by atoms with van der Waals surface area (Å²) in [5, 5.41) is 13.7. The monoisotopic (exact) mass is 338 g/mol. The van der Waals surface area contributed by atoms with Crippen molar-refractivity contribution in [1.29, 1.82) is 0 Å². The van der Waals surface area contributed by atoms with E-state index in [1.807, 2.05) is 0 Å². The number of hydrogen-bond donors (Lipinski definition) is 1. The van der Waals surface area contributed by atoms with Gasteiger partial charge in [-0.15, -0.1) is 0 Å². The normalized spacial score (nSPS) is 11.2. The molecule has 0 unspecified atom stereocenters. The van der Waals surface area contributed by atoms with Gasteiger partial charge in [0, 0.05) is 24.9 Å². The van der Waals surface area contributed by atoms with Crippen molar-refractivity contribution >= 4 is 21.2 Å². The quantitative estimate of drug-likeness (QED) is 0.646. The molecule has 6 nitrogen and oxygen atoms in total. The minimum Gasteiger partial charge on any atom is -0.375 e. The Hall–Kier alpha value is -2.48. The largest absolute Gasteiger partial charge is 0.375 e. The fourth-order valence-electron chi connectivity index (χ4n) is 2.14. The van der Waals surface area contributed by atoms with Crippen molar-refractivity contribution in [3.05, 3.63) is 69.5 Å². The first-order chi connectivity index (χ1) is 10.7. The molecule has 8 heteroatoms. The van der Waals surface area contributed by atoms with Crippen LogP contribution in [-0.2, 0) is 22.1 Å². The molecule has 0 heterocycles. The number of halogens is 1. The number of sulfone groups is 1. The molecule has 0 bridgehead atoms. The van der Waals surface area contributed by atoms with Crippen molar-refractivity contribution < 1.29 is 17.7 Å². The van der Waals surface area contributed by atoms with Gasteiger partial charge in [0.25, 0.3) is 5.69 Å². The molecular weight excluding hydrogens is 323 g/mol. The second-order valence-electron chi connectivity index (χ2n) is 5.16. The Balaban J connectivity index is 2.17. The zero-order valence-corrected chi connectivity index (χ0v) is 13.1. The van der Waals surface area contributed by atoms with Crippen molar-refractivity contribution in [3.8, 4) is 0 Å². The number of nitro benzene ring substituents is 1. The molecule has 2 rings (SSSR count). The molecular formula is C15H15FN2O4S. The van der Waals surface area contributed by atoms with Gasteiger partial charge in [-0.1, -0.05) is 24.3 Å². The molecule has 2 aromatic rings. The minimum absolute atomic E-state index is 0.0727. The number of nitro groups is 1. The second kappa shape index (κ2) is 6.74. The summed E-state index contributed by atoms with van der Waals surface area (Å²) < 4.78 is 35.9. The number of benzene rings is 2. The Morgan fingerprint density at radius 2 is 1.87 bits per heavy atom. The third-order valence-corrected chi connectivity index (χ3v) is 3.92. The molecule has 0 saturated heterocycles. The maximum absolute atomic E-state index is 13.3. The fourth-order valence-corrected chi connectivity index (χ4v) is 2.92. The first kappa shape index (κ1) is 16.9. The van der Waals surface area contributed by atoms with Gasteiger partial charge >= 0.3 is 0 Å². The first-order valence-electron chi connectivity index (χ1n) is 6.68. The lowest BCUT2D eigenvalue weighted by Gasteiger charge is -2.09. The van der Waals surface area contributed by atoms with Gasteiger partial charge in [-0.05, 0) is 17.2 Å². The predicted molar refractivity (Wildman–Crippen MR) is 85.4 cm³/mol. The number of anilines is 1. The average molecular weight is 338 g/mol. The van der Waals surface area contributed by atoms with Gasteiger partial charge in [0.05, 0.1) is 10.7 Å². The van der Waals surface area contributed by atoms with Crippen LogP contribution in [-0.4, -0.2) is 19.6 Å². The van der Waals surface area contributed by atoms with Crippen LogP contribution in [0.1, 0.15) is 11.1 Å². The van der Waals surface area contributed by atoms with Crippen molar-refractivity contribution in [2.75, 3.05) is 11.6 Å². The number of nitrogens with zero attached hydrogens (tertiary/aromatic N) is 1. The van der Waals surface area contributed by atoms with E-state index >= 15 is 0 Å². The topological polar surface area (TPSA) is 89.3 Å². The van der Waals surface area contributed by atoms with Crippen LogP contribution in [0, 0.1) is 15.9 Å². The highest BCUT2D eigenvalue weighted by molar-refractivity contribution is 7.89. The van der Waals surface area contributed by atoms with Crippen LogP contribution in [0.25, 0.3) is 0 Å². The Labute approximate surface area is 133 Å². The molecule has 23 heavy (non-hydrogen) atoms. The molecule has 0 aliphatic rings. The van der Waals surface area contributed by atoms with Crippen molar-refractivity contribution in [2.45, 2.75) is 12.3 Å². The molecule has 0 aromatic heterocycles. The lowest BCUT2D eigenvalue weighted by molar-refractivity contribution is -0.384. The maximum Gasteiger partial charge on any atom is 0.292 e. The number of rotatable bonds is 6. The Bertz CT molecular complexity index is 837. The average Bonchev–Trinajstić information content (AvgIpc) is 2.43. The van der Waals surface area contributed by atoms with Crippen molar-refractivity contribution in [2.24, 2.45) is 0 Å². The standard InChI is InChI=1S/C15H15FN2O4S/c1-23(21,22)10-12-4-2-3-11(7-12)9-17-14-8-13(16)5-6-15(14)18(19)20/h2-8,17H,9-10H2,1H3. The van der Waals surface area contributed by atoms with Crippen LogP contribution >= 0.6 is 0 Å². The smallest absolute Gasteiger partial charge is 0.292 e. The summed E-state index contributed by atoms with van der Waals surface area (Å²) in [6, 6.07) is 10.0. The van der Waals surface area contributed by atoms with E-state index in [9.17, 15) is 22.9 Å². The predicted octanol–water partition coefficient (Wildman–Crippen LogP) is 2.89. The van der Waals surface area contributed by atoms with Crippen molar-refractivity contribution in [3.63, 3.8) is 0 Å². The molecule has 0 atom stereocenters. The van der Waals surface area contributed by atoms with E-state index in [1.165, 1.54) is 0 Å². The van der Waals surface area contributed by atoms with E-state index in [-0.39, 0.29) is 23.7 Å². The molecule has 0 saturated carbocycles. The van der Waals surface area contributed by atoms with Crippen LogP contribution < -0.4 is 5.32 Å². The summed E-state index contributed by atoms with van der Waals surface area (Å²) >= 11 is 0. The molecule has 122 valence electrons. The van der Waals surface area contributed by atoms with Gasteiger partial charge < -0.3 is 5.32 Å². The van der Waals surface area contributed by atoms with Crippen LogP contribution in [0.5, 0.6) is 0 Å². The summed E-state index contributed by atoms with van der Waals surface area (Å²) in [6.45, 7) is 0.210. The number of nitrogens with one attached hydrogen (secondary N) is 1. The Morgan fingerprint density at radius 3 is 2.52 bits per heavy atom. The van der Waals surface area contributed by atoms with Gasteiger partial charge in [0.15, 0.2) is 9.84 Å². The Morgan fingerprint density at radius 1 is 1.17 bits per heavy atom. The summed E-state index contributed by atoms with van der Waals surface area (Å²) in [6.07, 6.45) is 1.15. The summed E-state index contributed by atoms with van der Waals surface area (Å²) in [7, 11) is -3.14. The van der Waals surface area contributed by atoms with E-state index in [2.05, 4.69) is 5.32 Å². The first-order valence-corrected chi connectivity index (χ1v) is 8.74. The van der Waals surface area contributed by atoms with Crippen LogP contribution in [0.3, 0.4) is 0 Å². The summed E-state index contributed by atoms with van der Waals surface area (Å²) in [4.78, 5) is 10.3. The van der Waals surface area contributed by atoms with E-state index in [4.69, 9.17) is 0 Å². The summed E-state index contributed by atoms with van der Waals surface area (Å²) in [5.41, 5.74) is 1.22. The maximum atomic E-state index is 13.3. The van der Waals surface area contributed by atoms with Gasteiger partial charge in [-0.25, -0.2) is 12.8 Å². The molecule has 0 fully saturated rings. The van der Waals surface area contributed by atoms with Crippen LogP contribution in [0.2, 0.25) is 0 Å². The lowest BCUT2D eigenvalue weighted by Crippen LogP contribution is -2.05. The molecule has 0 amide bonds. The molecule has 0 aliphatic carbocycles. The third-order valence-electron chi connectivity index (χ3n) is 3.06. The SMILES string of the molecule is CS(=O)(=O)Cc1cccc(CNc2cc(F)ccc2[N+](=O)[O-])c1. The molecule has 0 spiro atoms. The van der Waals surface area contributed by atoms with Gasteiger partial charge in [0.1, 0.15) is 11.5 Å². The molecule has 2 aromatic carbocycles. The fraction of sp³-hybridized carbons (Fsp3) is 0.200. The number of hydrogen-bond acceptors (Lipinski definition) is 5. The highest BCUT2D eigenvalue weighted by Crippen LogP contribution is 2.25. The molecule has 0 radical (unpaired) electrons. The van der Waals surface area contributed by atoms with E-state index < -0.39 is 20.6 Å². The van der Waals surface area contributed by atoms with Gasteiger partial charge in [-0.2, -0.15) is 0 Å². The zero-order chi connectivity index (χ0) is 17.0. The van der Waals surface area contributed by atoms with Crippen LogP contribution in [0.15, 0.2) is 42.5 Å². The third kappa shape index (κ3) is 5.03. The van der Waals surface area contributed by atoms with E-state index in [0.717, 1.165) is 30.0 Å². The second-order valence-corrected chi connectivity index (χ2v) is 7.30. The Kier molecular flexibility index (Phi) is 4.95. The highest BCUT2D eigenvalue weighted by Gasteiger charge is 2.14. The van der Waals surface area contributed by atoms with Gasteiger partial charge in [-0.3, -0.25) is 10.1 Å². The van der Waals surface area contributed by atoms with Gasteiger partial charge in [0.2, 0.25) is 0 Å². The molecule has 1 N–H and O–H groups in total. The van der Waals surface area contributed by atoms with E-state index in [0.29, 0.717) is 5.56 Å². The zero-order valence-electron chi connectivity index (χ0n) is 12.3. The molecule has 0 aliphatic heterocycles. The van der Waals surface area contributed by atoms with Crippen LogP contribution in [0.4, 0.5) is 15.8 Å². The van der Waals surface area contributed by atoms with Crippen molar-refractivity contribution in [1.82, 2.24) is 0 Å². The summed E-state index contributed by atoms with van der Waals surface area (Å²) in [5.74, 6) is -0.662. The lowest BCUT2D eigenvalue weighted by atomic mass is 10.1.